The predicted molar refractivity (Wildman–Crippen MR) is 72.8 cm³/mol. The van der Waals surface area contributed by atoms with E-state index in [-0.39, 0.29) is 11.3 Å². The molecule has 0 aromatic heterocycles. The second-order valence-electron chi connectivity index (χ2n) is 4.09. The fourth-order valence-corrected chi connectivity index (χ4v) is 1.80. The molecular weight excluding hydrogens is 248 g/mol. The number of carboxylic acids is 1. The third kappa shape index (κ3) is 3.54. The summed E-state index contributed by atoms with van der Waals surface area (Å²) in [5, 5.41) is 20.1. The molecule has 0 aliphatic heterocycles. The molecule has 0 bridgehead atoms. The van der Waals surface area contributed by atoms with Crippen molar-refractivity contribution in [3.63, 3.8) is 0 Å². The van der Waals surface area contributed by atoms with Crippen molar-refractivity contribution in [2.45, 2.75) is 12.8 Å². The van der Waals surface area contributed by atoms with Crippen molar-refractivity contribution in [3.05, 3.63) is 46.5 Å². The summed E-state index contributed by atoms with van der Waals surface area (Å²) >= 11 is 0. The van der Waals surface area contributed by atoms with Crippen molar-refractivity contribution in [2.24, 2.45) is 0 Å². The number of para-hydroxylation sites is 1. The Hall–Kier alpha value is -2.37. The van der Waals surface area contributed by atoms with Crippen LogP contribution in [0.4, 0.5) is 11.4 Å². The molecule has 102 valence electrons. The molecule has 1 aromatic carbocycles. The summed E-state index contributed by atoms with van der Waals surface area (Å²) in [5.41, 5.74) is -0.344. The van der Waals surface area contributed by atoms with Gasteiger partial charge < -0.3 is 10.0 Å². The van der Waals surface area contributed by atoms with Crippen LogP contribution in [0.2, 0.25) is 0 Å². The molecule has 0 saturated heterocycles. The first kappa shape index (κ1) is 14.7. The van der Waals surface area contributed by atoms with Gasteiger partial charge in [0.1, 0.15) is 11.3 Å². The van der Waals surface area contributed by atoms with Crippen LogP contribution in [0.5, 0.6) is 0 Å². The zero-order valence-corrected chi connectivity index (χ0v) is 10.7. The molecule has 19 heavy (non-hydrogen) atoms. The molecule has 0 amide bonds. The number of carboxylic acid groups (broad SMARTS) is 1. The lowest BCUT2D eigenvalue weighted by Gasteiger charge is -2.19. The Balaban J connectivity index is 3.12. The van der Waals surface area contributed by atoms with Crippen molar-refractivity contribution in [3.8, 4) is 0 Å². The molecule has 0 aliphatic carbocycles. The number of carbonyl (C=O) groups is 1. The number of hydrogen-bond donors (Lipinski definition) is 1. The van der Waals surface area contributed by atoms with Gasteiger partial charge in [-0.25, -0.2) is 4.79 Å². The van der Waals surface area contributed by atoms with Crippen molar-refractivity contribution in [1.29, 1.82) is 0 Å². The molecule has 0 saturated carbocycles. The molecule has 0 radical (unpaired) electrons. The highest BCUT2D eigenvalue weighted by Crippen LogP contribution is 2.31. The summed E-state index contributed by atoms with van der Waals surface area (Å²) in [4.78, 5) is 23.1. The lowest BCUT2D eigenvalue weighted by atomic mass is 10.1. The number of benzene rings is 1. The summed E-state index contributed by atoms with van der Waals surface area (Å²) < 4.78 is 0. The lowest BCUT2D eigenvalue weighted by molar-refractivity contribution is -0.384. The van der Waals surface area contributed by atoms with E-state index in [1.807, 2.05) is 0 Å². The molecule has 0 heterocycles. The topological polar surface area (TPSA) is 83.7 Å². The highest BCUT2D eigenvalue weighted by atomic mass is 16.6. The van der Waals surface area contributed by atoms with Crippen molar-refractivity contribution in [2.75, 3.05) is 18.5 Å². The second kappa shape index (κ2) is 6.53. The first-order valence-electron chi connectivity index (χ1n) is 5.81. The van der Waals surface area contributed by atoms with Gasteiger partial charge in [-0.15, -0.1) is 6.58 Å². The minimum absolute atomic E-state index is 0.293. The zero-order chi connectivity index (χ0) is 14.4. The predicted octanol–water partition coefficient (Wildman–Crippen LogP) is 2.70. The zero-order valence-electron chi connectivity index (χ0n) is 10.7. The second-order valence-corrected chi connectivity index (χ2v) is 4.09. The molecule has 0 unspecified atom stereocenters. The Labute approximate surface area is 111 Å². The van der Waals surface area contributed by atoms with Crippen LogP contribution < -0.4 is 4.90 Å². The highest BCUT2D eigenvalue weighted by molar-refractivity contribution is 5.95. The van der Waals surface area contributed by atoms with Gasteiger partial charge in [0.05, 0.1) is 4.92 Å². The highest BCUT2D eigenvalue weighted by Gasteiger charge is 2.25. The maximum atomic E-state index is 11.1. The van der Waals surface area contributed by atoms with E-state index in [0.29, 0.717) is 12.2 Å². The van der Waals surface area contributed by atoms with Crippen LogP contribution in [-0.2, 0) is 0 Å². The Morgan fingerprint density at radius 2 is 2.26 bits per heavy atom. The maximum absolute atomic E-state index is 11.1. The van der Waals surface area contributed by atoms with Crippen LogP contribution in [0.15, 0.2) is 30.9 Å². The van der Waals surface area contributed by atoms with Crippen molar-refractivity contribution < 1.29 is 14.8 Å². The third-order valence-electron chi connectivity index (χ3n) is 2.74. The molecule has 1 aromatic rings. The quantitative estimate of drug-likeness (QED) is 0.354. The number of rotatable bonds is 7. The molecule has 1 N–H and O–H groups in total. The van der Waals surface area contributed by atoms with Gasteiger partial charge in [-0.3, -0.25) is 10.1 Å². The van der Waals surface area contributed by atoms with Crippen molar-refractivity contribution in [1.82, 2.24) is 0 Å². The SMILES string of the molecule is C=CCCCN(C)c1cccc(C(=O)O)c1[N+](=O)[O-]. The largest absolute Gasteiger partial charge is 0.477 e. The molecule has 0 spiro atoms. The minimum atomic E-state index is -1.30. The molecule has 0 fully saturated rings. The number of nitro benzene ring substituents is 1. The fourth-order valence-electron chi connectivity index (χ4n) is 1.80. The molecule has 6 nitrogen and oxygen atoms in total. The number of nitrogens with zero attached hydrogens (tertiary/aromatic N) is 2. The van der Waals surface area contributed by atoms with E-state index >= 15 is 0 Å². The fraction of sp³-hybridized carbons (Fsp3) is 0.308. The first-order valence-corrected chi connectivity index (χ1v) is 5.81. The Bertz CT molecular complexity index is 499. The van der Waals surface area contributed by atoms with Crippen LogP contribution >= 0.6 is 0 Å². The smallest absolute Gasteiger partial charge is 0.342 e. The summed E-state index contributed by atoms with van der Waals surface area (Å²) in [7, 11) is 1.71. The van der Waals surface area contributed by atoms with Crippen LogP contribution in [0, 0.1) is 10.1 Å². The number of hydrogen-bond acceptors (Lipinski definition) is 4. The Morgan fingerprint density at radius 1 is 1.58 bits per heavy atom. The Morgan fingerprint density at radius 3 is 2.79 bits per heavy atom. The average molecular weight is 264 g/mol. The number of allylic oxidation sites excluding steroid dienone is 1. The summed E-state index contributed by atoms with van der Waals surface area (Å²) in [6.45, 7) is 4.20. The molecular formula is C13H16N2O4. The number of aromatic carboxylic acids is 1. The number of nitro groups is 1. The number of unbranched alkanes of at least 4 members (excludes halogenated alkanes) is 1. The summed E-state index contributed by atoms with van der Waals surface area (Å²) in [6, 6.07) is 4.30. The minimum Gasteiger partial charge on any atom is -0.477 e. The van der Waals surface area contributed by atoms with Gasteiger partial charge >= 0.3 is 11.7 Å². The van der Waals surface area contributed by atoms with Gasteiger partial charge in [0.15, 0.2) is 0 Å². The average Bonchev–Trinajstić information content (AvgIpc) is 2.37. The van der Waals surface area contributed by atoms with Crippen LogP contribution in [-0.4, -0.2) is 29.6 Å². The summed E-state index contributed by atoms with van der Waals surface area (Å²) in [6.07, 6.45) is 3.38. The standard InChI is InChI=1S/C13H16N2O4/c1-3-4-5-9-14(2)11-8-6-7-10(13(16)17)12(11)15(18)19/h3,6-8H,1,4-5,9H2,2H3,(H,16,17). The van der Waals surface area contributed by atoms with E-state index in [9.17, 15) is 14.9 Å². The number of anilines is 1. The molecule has 0 aliphatic rings. The summed E-state index contributed by atoms with van der Waals surface area (Å²) in [5.74, 6) is -1.30. The van der Waals surface area contributed by atoms with E-state index in [4.69, 9.17) is 5.11 Å². The van der Waals surface area contributed by atoms with Gasteiger partial charge in [0, 0.05) is 13.6 Å². The molecule has 1 rings (SSSR count). The molecule has 6 heteroatoms. The molecule has 0 atom stereocenters. The third-order valence-corrected chi connectivity index (χ3v) is 2.74. The van der Waals surface area contributed by atoms with Crippen LogP contribution in [0.3, 0.4) is 0 Å². The first-order chi connectivity index (χ1) is 8.99. The normalized spacial score (nSPS) is 9.95. The van der Waals surface area contributed by atoms with E-state index < -0.39 is 10.9 Å². The van der Waals surface area contributed by atoms with E-state index in [0.717, 1.165) is 12.8 Å². The van der Waals surface area contributed by atoms with Crippen molar-refractivity contribution >= 4 is 17.3 Å². The van der Waals surface area contributed by atoms with Gasteiger partial charge in [-0.2, -0.15) is 0 Å². The van der Waals surface area contributed by atoms with Gasteiger partial charge in [-0.1, -0.05) is 12.1 Å². The van der Waals surface area contributed by atoms with Gasteiger partial charge in [0.2, 0.25) is 0 Å². The van der Waals surface area contributed by atoms with Gasteiger partial charge in [-0.05, 0) is 25.0 Å². The lowest BCUT2D eigenvalue weighted by Crippen LogP contribution is -2.20. The van der Waals surface area contributed by atoms with Crippen LogP contribution in [0.25, 0.3) is 0 Å². The Kier molecular flexibility index (Phi) is 5.05. The van der Waals surface area contributed by atoms with E-state index in [1.165, 1.54) is 12.1 Å². The van der Waals surface area contributed by atoms with E-state index in [1.54, 1.807) is 24.1 Å². The van der Waals surface area contributed by atoms with E-state index in [2.05, 4.69) is 6.58 Å². The monoisotopic (exact) mass is 264 g/mol. The van der Waals surface area contributed by atoms with Gasteiger partial charge in [0.25, 0.3) is 0 Å². The maximum Gasteiger partial charge on any atom is 0.342 e. The van der Waals surface area contributed by atoms with Crippen LogP contribution in [0.1, 0.15) is 23.2 Å².